The lowest BCUT2D eigenvalue weighted by molar-refractivity contribution is 0.0949. The monoisotopic (exact) mass is 399 g/mol. The van der Waals surface area contributed by atoms with Gasteiger partial charge < -0.3 is 10.2 Å². The van der Waals surface area contributed by atoms with Crippen LogP contribution >= 0.6 is 11.6 Å². The number of rotatable bonds is 5. The van der Waals surface area contributed by atoms with E-state index < -0.39 is 0 Å². The Morgan fingerprint density at radius 1 is 1.25 bits per heavy atom. The normalized spacial score (nSPS) is 20.1. The molecule has 1 aliphatic heterocycles. The molecule has 150 valence electrons. The molecule has 4 rings (SSSR count). The van der Waals surface area contributed by atoms with Gasteiger partial charge in [0.2, 0.25) is 0 Å². The lowest BCUT2D eigenvalue weighted by atomic mass is 9.94. The first-order valence-electron chi connectivity index (χ1n) is 10.8. The number of pyridine rings is 1. The van der Waals surface area contributed by atoms with Crippen molar-refractivity contribution in [2.24, 2.45) is 0 Å². The van der Waals surface area contributed by atoms with Crippen molar-refractivity contribution in [3.8, 4) is 0 Å². The maximum atomic E-state index is 12.6. The lowest BCUT2D eigenvalue weighted by Crippen LogP contribution is -2.39. The number of carbonyl (C=O) groups is 1. The maximum absolute atomic E-state index is 12.6. The molecule has 1 aliphatic carbocycles. The molecular formula is C23H30ClN3O. The average Bonchev–Trinajstić information content (AvgIpc) is 2.72. The van der Waals surface area contributed by atoms with Crippen LogP contribution in [0.25, 0.3) is 10.9 Å². The van der Waals surface area contributed by atoms with Gasteiger partial charge in [0.15, 0.2) is 0 Å². The van der Waals surface area contributed by atoms with Crippen molar-refractivity contribution in [1.82, 2.24) is 15.2 Å². The Morgan fingerprint density at radius 2 is 2.11 bits per heavy atom. The zero-order chi connectivity index (χ0) is 19.5. The number of piperidine rings is 1. The Hall–Kier alpha value is -1.65. The predicted molar refractivity (Wildman–Crippen MR) is 115 cm³/mol. The van der Waals surface area contributed by atoms with E-state index in [-0.39, 0.29) is 5.91 Å². The van der Waals surface area contributed by atoms with Crippen LogP contribution in [-0.4, -0.2) is 41.5 Å². The number of amides is 1. The van der Waals surface area contributed by atoms with E-state index >= 15 is 0 Å². The SMILES string of the molecule is CC1CCCCN1CCCNC(=O)c1ccc2c(Cl)c3c(nc2c1)CCCC3. The number of fused-ring (bicyclic) bond motifs is 2. The quantitative estimate of drug-likeness (QED) is 0.737. The Bertz CT molecular complexity index is 867. The first kappa shape index (κ1) is 19.7. The highest BCUT2D eigenvalue weighted by Gasteiger charge is 2.19. The molecule has 1 aromatic heterocycles. The summed E-state index contributed by atoms with van der Waals surface area (Å²) in [5, 5.41) is 4.85. The third kappa shape index (κ3) is 4.18. The van der Waals surface area contributed by atoms with Crippen LogP contribution in [0.3, 0.4) is 0 Å². The van der Waals surface area contributed by atoms with Gasteiger partial charge in [-0.3, -0.25) is 9.78 Å². The number of nitrogens with zero attached hydrogens (tertiary/aromatic N) is 2. The summed E-state index contributed by atoms with van der Waals surface area (Å²) in [6.07, 6.45) is 9.26. The average molecular weight is 400 g/mol. The van der Waals surface area contributed by atoms with Gasteiger partial charge in [-0.15, -0.1) is 0 Å². The molecule has 5 heteroatoms. The summed E-state index contributed by atoms with van der Waals surface area (Å²) in [5.74, 6) is -0.0239. The van der Waals surface area contributed by atoms with E-state index in [1.54, 1.807) is 0 Å². The molecule has 1 fully saturated rings. The highest BCUT2D eigenvalue weighted by molar-refractivity contribution is 6.36. The largest absolute Gasteiger partial charge is 0.352 e. The third-order valence-corrected chi connectivity index (χ3v) is 6.74. The van der Waals surface area contributed by atoms with E-state index in [0.717, 1.165) is 53.8 Å². The van der Waals surface area contributed by atoms with Gasteiger partial charge in [0.25, 0.3) is 5.91 Å². The first-order chi connectivity index (χ1) is 13.6. The lowest BCUT2D eigenvalue weighted by Gasteiger charge is -2.33. The molecule has 1 atom stereocenters. The fourth-order valence-electron chi connectivity index (χ4n) is 4.58. The molecule has 1 amide bonds. The van der Waals surface area contributed by atoms with Crippen LogP contribution in [0.4, 0.5) is 0 Å². The molecule has 0 spiro atoms. The van der Waals surface area contributed by atoms with E-state index in [4.69, 9.17) is 16.6 Å². The molecule has 0 radical (unpaired) electrons. The van der Waals surface area contributed by atoms with Crippen molar-refractivity contribution in [2.45, 2.75) is 64.3 Å². The predicted octanol–water partition coefficient (Wildman–Crippen LogP) is 4.76. The molecule has 1 saturated heterocycles. The van der Waals surface area contributed by atoms with Crippen LogP contribution in [0, 0.1) is 0 Å². The molecule has 2 heterocycles. The number of benzene rings is 1. The highest BCUT2D eigenvalue weighted by atomic mass is 35.5. The second-order valence-corrected chi connectivity index (χ2v) is 8.66. The molecule has 2 aromatic rings. The molecule has 1 N–H and O–H groups in total. The number of aromatic nitrogens is 1. The van der Waals surface area contributed by atoms with Crippen molar-refractivity contribution < 1.29 is 4.79 Å². The Morgan fingerprint density at radius 3 is 2.96 bits per heavy atom. The minimum absolute atomic E-state index is 0.0239. The van der Waals surface area contributed by atoms with Gasteiger partial charge in [-0.25, -0.2) is 0 Å². The molecule has 1 aromatic carbocycles. The van der Waals surface area contributed by atoms with Crippen LogP contribution < -0.4 is 5.32 Å². The van der Waals surface area contributed by atoms with Gasteiger partial charge in [0, 0.05) is 35.8 Å². The molecule has 0 bridgehead atoms. The third-order valence-electron chi connectivity index (χ3n) is 6.30. The highest BCUT2D eigenvalue weighted by Crippen LogP contribution is 2.33. The van der Waals surface area contributed by atoms with Crippen LogP contribution in [0.2, 0.25) is 5.02 Å². The van der Waals surface area contributed by atoms with E-state index in [2.05, 4.69) is 17.1 Å². The topological polar surface area (TPSA) is 45.2 Å². The summed E-state index contributed by atoms with van der Waals surface area (Å²) in [5.41, 5.74) is 3.81. The van der Waals surface area contributed by atoms with Crippen LogP contribution in [0.15, 0.2) is 18.2 Å². The molecule has 4 nitrogen and oxygen atoms in total. The Labute approximate surface area is 172 Å². The molecule has 2 aliphatic rings. The maximum Gasteiger partial charge on any atom is 0.251 e. The van der Waals surface area contributed by atoms with Gasteiger partial charge in [0.1, 0.15) is 0 Å². The summed E-state index contributed by atoms with van der Waals surface area (Å²) in [6, 6.07) is 6.38. The van der Waals surface area contributed by atoms with E-state index in [0.29, 0.717) is 18.2 Å². The number of hydrogen-bond donors (Lipinski definition) is 1. The van der Waals surface area contributed by atoms with E-state index in [1.807, 2.05) is 18.2 Å². The molecule has 28 heavy (non-hydrogen) atoms. The fourth-order valence-corrected chi connectivity index (χ4v) is 4.95. The van der Waals surface area contributed by atoms with Crippen molar-refractivity contribution in [3.63, 3.8) is 0 Å². The standard InChI is InChI=1S/C23H30ClN3O/c1-16-7-4-5-13-27(16)14-6-12-25-23(28)17-10-11-19-21(15-17)26-20-9-3-2-8-18(20)22(19)24/h10-11,15-16H,2-9,12-14H2,1H3,(H,25,28). The molecular weight excluding hydrogens is 370 g/mol. The Kier molecular flexibility index (Phi) is 6.17. The van der Waals surface area contributed by atoms with Crippen molar-refractivity contribution in [3.05, 3.63) is 40.0 Å². The first-order valence-corrected chi connectivity index (χ1v) is 11.1. The second-order valence-electron chi connectivity index (χ2n) is 8.28. The second kappa shape index (κ2) is 8.79. The number of halogens is 1. The molecule has 1 unspecified atom stereocenters. The minimum atomic E-state index is -0.0239. The summed E-state index contributed by atoms with van der Waals surface area (Å²) < 4.78 is 0. The summed E-state index contributed by atoms with van der Waals surface area (Å²) in [7, 11) is 0. The number of hydrogen-bond acceptors (Lipinski definition) is 3. The van der Waals surface area contributed by atoms with Gasteiger partial charge in [-0.1, -0.05) is 24.1 Å². The molecule has 0 saturated carbocycles. The van der Waals surface area contributed by atoms with Crippen LogP contribution in [0.1, 0.15) is 67.1 Å². The van der Waals surface area contributed by atoms with E-state index in [1.165, 1.54) is 37.8 Å². The summed E-state index contributed by atoms with van der Waals surface area (Å²) in [4.78, 5) is 19.9. The number of likely N-dealkylation sites (tertiary alicyclic amines) is 1. The van der Waals surface area contributed by atoms with Crippen LogP contribution in [0.5, 0.6) is 0 Å². The van der Waals surface area contributed by atoms with Crippen molar-refractivity contribution in [2.75, 3.05) is 19.6 Å². The number of nitrogens with one attached hydrogen (secondary N) is 1. The Balaban J connectivity index is 1.39. The van der Waals surface area contributed by atoms with Gasteiger partial charge >= 0.3 is 0 Å². The number of aryl methyl sites for hydroxylation is 1. The van der Waals surface area contributed by atoms with Crippen LogP contribution in [-0.2, 0) is 12.8 Å². The van der Waals surface area contributed by atoms with Crippen molar-refractivity contribution in [1.29, 1.82) is 0 Å². The van der Waals surface area contributed by atoms with Crippen molar-refractivity contribution >= 4 is 28.4 Å². The van der Waals surface area contributed by atoms with Gasteiger partial charge in [-0.2, -0.15) is 0 Å². The fraction of sp³-hybridized carbons (Fsp3) is 0.565. The minimum Gasteiger partial charge on any atom is -0.352 e. The van der Waals surface area contributed by atoms with E-state index in [9.17, 15) is 4.79 Å². The summed E-state index contributed by atoms with van der Waals surface area (Å²) in [6.45, 7) is 5.27. The zero-order valence-corrected chi connectivity index (χ0v) is 17.5. The smallest absolute Gasteiger partial charge is 0.251 e. The van der Waals surface area contributed by atoms with Gasteiger partial charge in [0.05, 0.1) is 10.5 Å². The zero-order valence-electron chi connectivity index (χ0n) is 16.8. The number of carbonyl (C=O) groups excluding carboxylic acids is 1. The summed E-state index contributed by atoms with van der Waals surface area (Å²) >= 11 is 6.63. The van der Waals surface area contributed by atoms with Gasteiger partial charge in [-0.05, 0) is 76.1 Å².